The van der Waals surface area contributed by atoms with E-state index in [1.165, 1.54) is 5.56 Å². The molecule has 0 spiro atoms. The highest BCUT2D eigenvalue weighted by atomic mass is 16.5. The molecule has 4 rings (SSSR count). The number of H-pyrrole nitrogens is 1. The Bertz CT molecular complexity index is 1190. The zero-order valence-electron chi connectivity index (χ0n) is 21.4. The van der Waals surface area contributed by atoms with Gasteiger partial charge in [0.25, 0.3) is 5.56 Å². The first-order chi connectivity index (χ1) is 16.2. The third-order valence-electron chi connectivity index (χ3n) is 7.28. The summed E-state index contributed by atoms with van der Waals surface area (Å²) in [6.07, 6.45) is 4.00. The molecule has 1 aliphatic heterocycles. The van der Waals surface area contributed by atoms with Gasteiger partial charge in [-0.3, -0.25) is 9.69 Å². The molecule has 0 saturated carbocycles. The summed E-state index contributed by atoms with van der Waals surface area (Å²) in [6, 6.07) is 6.22. The SMILES string of the molecule is CC[C@H](c1nnnn1C(C)(C)CC)N(Cc1cc2c(C)cc(C)cc2[nH]c1=O)C[C@@H]1CCCO1. The Morgan fingerprint density at radius 2 is 2.06 bits per heavy atom. The molecule has 8 nitrogen and oxygen atoms in total. The van der Waals surface area contributed by atoms with Crippen LogP contribution in [0.15, 0.2) is 23.0 Å². The van der Waals surface area contributed by atoms with Crippen LogP contribution in [0, 0.1) is 13.8 Å². The standard InChI is InChI=1S/C26H38N6O2/c1-7-23(24-28-29-30-32(24)26(5,6)8-2)31(16-20-10-9-11-34-20)15-19-14-21-18(4)12-17(3)13-22(21)27-25(19)33/h12-14,20,23H,7-11,15-16H2,1-6H3,(H,27,33)/t20-,23+/m0/s1. The fourth-order valence-electron chi connectivity index (χ4n) is 4.99. The van der Waals surface area contributed by atoms with E-state index in [0.717, 1.165) is 66.7 Å². The van der Waals surface area contributed by atoms with Gasteiger partial charge in [-0.15, -0.1) is 5.10 Å². The summed E-state index contributed by atoms with van der Waals surface area (Å²) in [4.78, 5) is 18.6. The van der Waals surface area contributed by atoms with Gasteiger partial charge in [0.2, 0.25) is 0 Å². The van der Waals surface area contributed by atoms with Crippen LogP contribution in [0.2, 0.25) is 0 Å². The number of nitrogens with zero attached hydrogens (tertiary/aromatic N) is 5. The molecule has 1 fully saturated rings. The van der Waals surface area contributed by atoms with E-state index in [1.807, 2.05) is 10.7 Å². The molecule has 1 saturated heterocycles. The van der Waals surface area contributed by atoms with Crippen molar-refractivity contribution in [1.82, 2.24) is 30.1 Å². The smallest absolute Gasteiger partial charge is 0.252 e. The van der Waals surface area contributed by atoms with Crippen LogP contribution in [-0.4, -0.2) is 49.3 Å². The van der Waals surface area contributed by atoms with Gasteiger partial charge >= 0.3 is 0 Å². The van der Waals surface area contributed by atoms with E-state index in [4.69, 9.17) is 4.74 Å². The number of hydrogen-bond donors (Lipinski definition) is 1. The van der Waals surface area contributed by atoms with E-state index in [1.54, 1.807) is 0 Å². The Kier molecular flexibility index (Phi) is 7.19. The molecule has 0 unspecified atom stereocenters. The molecule has 0 aliphatic carbocycles. The van der Waals surface area contributed by atoms with Crippen molar-refractivity contribution in [3.05, 3.63) is 51.1 Å². The van der Waals surface area contributed by atoms with E-state index < -0.39 is 0 Å². The number of aromatic amines is 1. The van der Waals surface area contributed by atoms with Crippen LogP contribution < -0.4 is 5.56 Å². The predicted molar refractivity (Wildman–Crippen MR) is 134 cm³/mol. The van der Waals surface area contributed by atoms with Gasteiger partial charge < -0.3 is 9.72 Å². The number of ether oxygens (including phenoxy) is 1. The maximum absolute atomic E-state index is 13.1. The largest absolute Gasteiger partial charge is 0.377 e. The number of hydrogen-bond acceptors (Lipinski definition) is 6. The van der Waals surface area contributed by atoms with E-state index in [-0.39, 0.29) is 23.2 Å². The van der Waals surface area contributed by atoms with Crippen molar-refractivity contribution in [2.45, 2.75) is 91.5 Å². The first-order valence-electron chi connectivity index (χ1n) is 12.5. The van der Waals surface area contributed by atoms with Gasteiger partial charge in [-0.1, -0.05) is 19.9 Å². The molecular weight excluding hydrogens is 428 g/mol. The van der Waals surface area contributed by atoms with Crippen molar-refractivity contribution in [3.8, 4) is 0 Å². The first kappa shape index (κ1) is 24.5. The summed E-state index contributed by atoms with van der Waals surface area (Å²) in [5, 5.41) is 14.0. The number of fused-ring (bicyclic) bond motifs is 1. The van der Waals surface area contributed by atoms with Gasteiger partial charge in [-0.25, -0.2) is 4.68 Å². The Hall–Kier alpha value is -2.58. The summed E-state index contributed by atoms with van der Waals surface area (Å²) in [5.41, 5.74) is 3.71. The van der Waals surface area contributed by atoms with Gasteiger partial charge in [-0.05, 0) is 87.1 Å². The normalized spacial score (nSPS) is 17.7. The lowest BCUT2D eigenvalue weighted by Gasteiger charge is -2.34. The number of tetrazole rings is 1. The summed E-state index contributed by atoms with van der Waals surface area (Å²) in [7, 11) is 0. The monoisotopic (exact) mass is 466 g/mol. The third-order valence-corrected chi connectivity index (χ3v) is 7.28. The second-order valence-corrected chi connectivity index (χ2v) is 10.3. The number of pyridine rings is 1. The minimum atomic E-state index is -0.197. The average Bonchev–Trinajstić information content (AvgIpc) is 3.48. The fourth-order valence-corrected chi connectivity index (χ4v) is 4.99. The summed E-state index contributed by atoms with van der Waals surface area (Å²) in [6.45, 7) is 14.8. The van der Waals surface area contributed by atoms with Gasteiger partial charge in [0, 0.05) is 36.2 Å². The number of rotatable bonds is 9. The van der Waals surface area contributed by atoms with Gasteiger partial charge in [-0.2, -0.15) is 0 Å². The van der Waals surface area contributed by atoms with Crippen molar-refractivity contribution >= 4 is 10.9 Å². The highest BCUT2D eigenvalue weighted by Crippen LogP contribution is 2.30. The number of benzene rings is 1. The molecule has 0 radical (unpaired) electrons. The fraction of sp³-hybridized carbons (Fsp3) is 0.615. The minimum absolute atomic E-state index is 0.0285. The van der Waals surface area contributed by atoms with E-state index in [0.29, 0.717) is 6.54 Å². The second kappa shape index (κ2) is 9.96. The minimum Gasteiger partial charge on any atom is -0.377 e. The van der Waals surface area contributed by atoms with E-state index in [9.17, 15) is 4.79 Å². The van der Waals surface area contributed by atoms with Crippen molar-refractivity contribution in [1.29, 1.82) is 0 Å². The molecule has 34 heavy (non-hydrogen) atoms. The number of aromatic nitrogens is 5. The van der Waals surface area contributed by atoms with Crippen LogP contribution >= 0.6 is 0 Å². The van der Waals surface area contributed by atoms with Gasteiger partial charge in [0.1, 0.15) is 0 Å². The van der Waals surface area contributed by atoms with Crippen molar-refractivity contribution in [3.63, 3.8) is 0 Å². The molecular formula is C26H38N6O2. The highest BCUT2D eigenvalue weighted by molar-refractivity contribution is 5.83. The summed E-state index contributed by atoms with van der Waals surface area (Å²) >= 11 is 0. The third kappa shape index (κ3) is 4.93. The van der Waals surface area contributed by atoms with Crippen molar-refractivity contribution in [2.24, 2.45) is 0 Å². The Morgan fingerprint density at radius 3 is 2.74 bits per heavy atom. The maximum atomic E-state index is 13.1. The van der Waals surface area contributed by atoms with E-state index >= 15 is 0 Å². The lowest BCUT2D eigenvalue weighted by atomic mass is 10.0. The van der Waals surface area contributed by atoms with Crippen molar-refractivity contribution in [2.75, 3.05) is 13.2 Å². The van der Waals surface area contributed by atoms with Crippen LogP contribution in [-0.2, 0) is 16.8 Å². The predicted octanol–water partition coefficient (Wildman–Crippen LogP) is 4.41. The zero-order valence-corrected chi connectivity index (χ0v) is 21.4. The van der Waals surface area contributed by atoms with Crippen LogP contribution in [0.5, 0.6) is 0 Å². The van der Waals surface area contributed by atoms with Crippen LogP contribution in [0.4, 0.5) is 0 Å². The molecule has 0 amide bonds. The number of nitrogens with one attached hydrogen (secondary N) is 1. The molecule has 184 valence electrons. The second-order valence-electron chi connectivity index (χ2n) is 10.3. The molecule has 1 N–H and O–H groups in total. The lowest BCUT2D eigenvalue weighted by molar-refractivity contribution is 0.0475. The zero-order chi connectivity index (χ0) is 24.5. The summed E-state index contributed by atoms with van der Waals surface area (Å²) < 4.78 is 7.96. The molecule has 2 aromatic heterocycles. The molecule has 3 heterocycles. The van der Waals surface area contributed by atoms with Crippen LogP contribution in [0.3, 0.4) is 0 Å². The summed E-state index contributed by atoms with van der Waals surface area (Å²) in [5.74, 6) is 0.844. The number of aryl methyl sites for hydroxylation is 2. The molecule has 3 aromatic rings. The van der Waals surface area contributed by atoms with Gasteiger partial charge in [0.05, 0.1) is 17.7 Å². The molecule has 8 heteroatoms. The molecule has 1 aromatic carbocycles. The molecule has 2 atom stereocenters. The van der Waals surface area contributed by atoms with Crippen LogP contribution in [0.25, 0.3) is 10.9 Å². The van der Waals surface area contributed by atoms with Crippen molar-refractivity contribution < 1.29 is 4.74 Å². The van der Waals surface area contributed by atoms with E-state index in [2.05, 4.69) is 79.1 Å². The topological polar surface area (TPSA) is 88.9 Å². The quantitative estimate of drug-likeness (QED) is 0.503. The maximum Gasteiger partial charge on any atom is 0.252 e. The average molecular weight is 467 g/mol. The lowest BCUT2D eigenvalue weighted by Crippen LogP contribution is -2.39. The first-order valence-corrected chi connectivity index (χ1v) is 12.5. The highest BCUT2D eigenvalue weighted by Gasteiger charge is 2.32. The van der Waals surface area contributed by atoms with Gasteiger partial charge in [0.15, 0.2) is 5.82 Å². The molecule has 0 bridgehead atoms. The Morgan fingerprint density at radius 1 is 1.26 bits per heavy atom. The Balaban J connectivity index is 1.74. The Labute approximate surface area is 201 Å². The van der Waals surface area contributed by atoms with Crippen LogP contribution in [0.1, 0.15) is 81.9 Å². The molecule has 1 aliphatic rings.